The number of carbonyl (C=O) groups is 2. The number of fused-ring (bicyclic) bond motifs is 1. The molecule has 0 unspecified atom stereocenters. The molecule has 0 spiro atoms. The minimum atomic E-state index is -0.0442. The van der Waals surface area contributed by atoms with Crippen LogP contribution in [-0.2, 0) is 4.79 Å². The molecule has 2 N–H and O–H groups in total. The molecule has 2 fully saturated rings. The first kappa shape index (κ1) is 20.5. The summed E-state index contributed by atoms with van der Waals surface area (Å²) in [5.74, 6) is 0.195. The van der Waals surface area contributed by atoms with Gasteiger partial charge in [0, 0.05) is 37.1 Å². The van der Waals surface area contributed by atoms with E-state index in [1.54, 1.807) is 0 Å². The summed E-state index contributed by atoms with van der Waals surface area (Å²) >= 11 is 0. The average molecular weight is 430 g/mol. The molecule has 1 atom stereocenters. The van der Waals surface area contributed by atoms with Gasteiger partial charge in [-0.1, -0.05) is 36.4 Å². The first-order valence-corrected chi connectivity index (χ1v) is 11.2. The van der Waals surface area contributed by atoms with Gasteiger partial charge in [0.1, 0.15) is 0 Å². The van der Waals surface area contributed by atoms with E-state index < -0.39 is 0 Å². The molecule has 1 aromatic heterocycles. The number of benzene rings is 2. The lowest BCUT2D eigenvalue weighted by Crippen LogP contribution is -2.54. The number of aromatic nitrogens is 2. The summed E-state index contributed by atoms with van der Waals surface area (Å²) in [4.78, 5) is 29.2. The maximum absolute atomic E-state index is 12.9. The highest BCUT2D eigenvalue weighted by molar-refractivity contribution is 5.95. The lowest BCUT2D eigenvalue weighted by atomic mass is 10.1. The molecule has 7 heteroatoms. The van der Waals surface area contributed by atoms with Gasteiger partial charge in [-0.25, -0.2) is 0 Å². The number of hydrogen-bond donors (Lipinski definition) is 2. The summed E-state index contributed by atoms with van der Waals surface area (Å²) in [5, 5.41) is 11.7. The molecule has 32 heavy (non-hydrogen) atoms. The highest BCUT2D eigenvalue weighted by Crippen LogP contribution is 2.18. The molecule has 0 bridgehead atoms. The molecule has 2 aliphatic rings. The summed E-state index contributed by atoms with van der Waals surface area (Å²) in [7, 11) is 0. The minimum absolute atomic E-state index is 0.0184. The summed E-state index contributed by atoms with van der Waals surface area (Å²) < 4.78 is 0. The summed E-state index contributed by atoms with van der Waals surface area (Å²) in [6.07, 6.45) is 5.94. The van der Waals surface area contributed by atoms with Crippen molar-refractivity contribution >= 4 is 34.9 Å². The normalized spacial score (nSPS) is 19.2. The van der Waals surface area contributed by atoms with Gasteiger partial charge in [0.15, 0.2) is 0 Å². The van der Waals surface area contributed by atoms with Crippen LogP contribution in [0.3, 0.4) is 0 Å². The zero-order valence-electron chi connectivity index (χ0n) is 18.0. The van der Waals surface area contributed by atoms with Crippen molar-refractivity contribution in [3.63, 3.8) is 0 Å². The van der Waals surface area contributed by atoms with Gasteiger partial charge in [-0.2, -0.15) is 5.10 Å². The first-order chi connectivity index (χ1) is 15.7. The molecule has 164 valence electrons. The van der Waals surface area contributed by atoms with E-state index in [0.29, 0.717) is 31.7 Å². The van der Waals surface area contributed by atoms with Crippen molar-refractivity contribution < 1.29 is 9.59 Å². The molecule has 7 nitrogen and oxygen atoms in total. The van der Waals surface area contributed by atoms with Gasteiger partial charge in [0.25, 0.3) is 5.91 Å². The molecule has 3 heterocycles. The molecule has 5 rings (SSSR count). The molecule has 3 aromatic rings. The average Bonchev–Trinajstić information content (AvgIpc) is 3.53. The minimum Gasteiger partial charge on any atom is -0.338 e. The van der Waals surface area contributed by atoms with E-state index in [9.17, 15) is 9.59 Å². The van der Waals surface area contributed by atoms with Crippen LogP contribution in [-0.4, -0.2) is 70.6 Å². The first-order valence-electron chi connectivity index (χ1n) is 11.2. The van der Waals surface area contributed by atoms with Crippen LogP contribution < -0.4 is 5.32 Å². The van der Waals surface area contributed by atoms with Crippen molar-refractivity contribution in [1.29, 1.82) is 0 Å². The largest absolute Gasteiger partial charge is 0.338 e. The van der Waals surface area contributed by atoms with Gasteiger partial charge in [0.05, 0.1) is 17.3 Å². The Kier molecular flexibility index (Phi) is 5.73. The van der Waals surface area contributed by atoms with E-state index in [0.717, 1.165) is 41.5 Å². The molecule has 2 aliphatic heterocycles. The smallest absolute Gasteiger partial charge is 0.253 e. The Bertz CT molecular complexity index is 1140. The Labute approximate surface area is 187 Å². The summed E-state index contributed by atoms with van der Waals surface area (Å²) in [5.41, 5.74) is 3.58. The number of para-hydroxylation sites is 1. The number of carbonyl (C=O) groups excluding carboxylic acids is 2. The molecular formula is C25H27N5O2. The van der Waals surface area contributed by atoms with Gasteiger partial charge < -0.3 is 15.1 Å². The van der Waals surface area contributed by atoms with Crippen LogP contribution in [0.4, 0.5) is 0 Å². The third-order valence-corrected chi connectivity index (χ3v) is 6.33. The summed E-state index contributed by atoms with van der Waals surface area (Å²) in [6.45, 7) is 3.26. The van der Waals surface area contributed by atoms with Gasteiger partial charge in [0.2, 0.25) is 5.91 Å². The van der Waals surface area contributed by atoms with Crippen LogP contribution in [0.1, 0.15) is 34.5 Å². The van der Waals surface area contributed by atoms with Crippen molar-refractivity contribution in [3.05, 3.63) is 65.4 Å². The van der Waals surface area contributed by atoms with E-state index in [4.69, 9.17) is 0 Å². The maximum Gasteiger partial charge on any atom is 0.253 e. The van der Waals surface area contributed by atoms with Crippen LogP contribution in [0.2, 0.25) is 0 Å². The predicted octanol–water partition coefficient (Wildman–Crippen LogP) is 2.77. The zero-order chi connectivity index (χ0) is 21.9. The van der Waals surface area contributed by atoms with Crippen LogP contribution >= 0.6 is 0 Å². The van der Waals surface area contributed by atoms with Gasteiger partial charge in [-0.15, -0.1) is 0 Å². The second-order valence-electron chi connectivity index (χ2n) is 8.38. The van der Waals surface area contributed by atoms with E-state index in [1.165, 1.54) is 0 Å². The number of amides is 2. The number of piperazine rings is 1. The lowest BCUT2D eigenvalue weighted by Gasteiger charge is -2.36. The Morgan fingerprint density at radius 1 is 0.938 bits per heavy atom. The van der Waals surface area contributed by atoms with Crippen LogP contribution in [0.5, 0.6) is 0 Å². The molecule has 2 amide bonds. The second-order valence-corrected chi connectivity index (χ2v) is 8.38. The van der Waals surface area contributed by atoms with Crippen molar-refractivity contribution in [3.8, 4) is 0 Å². The molecular weight excluding hydrogens is 402 g/mol. The van der Waals surface area contributed by atoms with E-state index in [-0.39, 0.29) is 17.9 Å². The molecule has 0 radical (unpaired) electrons. The third kappa shape index (κ3) is 4.16. The van der Waals surface area contributed by atoms with Crippen molar-refractivity contribution in [2.75, 3.05) is 32.7 Å². The fraction of sp³-hybridized carbons (Fsp3) is 0.320. The number of H-pyrrole nitrogens is 1. The maximum atomic E-state index is 12.9. The number of hydrogen-bond acceptors (Lipinski definition) is 4. The SMILES string of the molecule is O=C(c1ccc(C=Cc2n[nH]c3ccccc23)cc1)N1CCN(C(=O)[C@@H]2CCCN2)CC1. The quantitative estimate of drug-likeness (QED) is 0.668. The lowest BCUT2D eigenvalue weighted by molar-refractivity contribution is -0.134. The monoisotopic (exact) mass is 429 g/mol. The number of aromatic amines is 1. The van der Waals surface area contributed by atoms with Crippen LogP contribution in [0, 0.1) is 0 Å². The Morgan fingerprint density at radius 2 is 1.69 bits per heavy atom. The number of nitrogens with one attached hydrogen (secondary N) is 2. The van der Waals surface area contributed by atoms with Gasteiger partial charge in [-0.3, -0.25) is 14.7 Å². The Balaban J connectivity index is 1.19. The predicted molar refractivity (Wildman–Crippen MR) is 125 cm³/mol. The zero-order valence-corrected chi connectivity index (χ0v) is 18.0. The van der Waals surface area contributed by atoms with Crippen LogP contribution in [0.25, 0.3) is 23.1 Å². The molecule has 2 saturated heterocycles. The van der Waals surface area contributed by atoms with Crippen molar-refractivity contribution in [2.45, 2.75) is 18.9 Å². The fourth-order valence-electron chi connectivity index (χ4n) is 4.45. The van der Waals surface area contributed by atoms with Gasteiger partial charge in [-0.05, 0) is 49.2 Å². The Morgan fingerprint density at radius 3 is 2.44 bits per heavy atom. The van der Waals surface area contributed by atoms with Gasteiger partial charge >= 0.3 is 0 Å². The van der Waals surface area contributed by atoms with E-state index in [2.05, 4.69) is 15.5 Å². The van der Waals surface area contributed by atoms with Crippen LogP contribution in [0.15, 0.2) is 48.5 Å². The molecule has 0 saturated carbocycles. The number of nitrogens with zero attached hydrogens (tertiary/aromatic N) is 3. The fourth-order valence-corrected chi connectivity index (χ4v) is 4.45. The molecule has 0 aliphatic carbocycles. The standard InChI is InChI=1S/C25H27N5O2/c31-24(29-14-16-30(17-15-29)25(32)23-6-3-13-26-23)19-10-7-18(8-11-19)9-12-22-20-4-1-2-5-21(20)27-28-22/h1-2,4-5,7-12,23,26H,3,6,13-17H2,(H,27,28)/t23-/m0/s1. The highest BCUT2D eigenvalue weighted by Gasteiger charge is 2.30. The second kappa shape index (κ2) is 8.96. The third-order valence-electron chi connectivity index (χ3n) is 6.33. The Hall–Kier alpha value is -3.45. The highest BCUT2D eigenvalue weighted by atomic mass is 16.2. The topological polar surface area (TPSA) is 81.3 Å². The molecule has 2 aromatic carbocycles. The van der Waals surface area contributed by atoms with E-state index in [1.807, 2.05) is 70.5 Å². The van der Waals surface area contributed by atoms with Crippen molar-refractivity contribution in [2.24, 2.45) is 0 Å². The van der Waals surface area contributed by atoms with Crippen molar-refractivity contribution in [1.82, 2.24) is 25.3 Å². The number of rotatable bonds is 4. The summed E-state index contributed by atoms with van der Waals surface area (Å²) in [6, 6.07) is 15.6. The van der Waals surface area contributed by atoms with E-state index >= 15 is 0 Å².